The molecular weight excluding hydrogens is 278 g/mol. The molecule has 1 aliphatic rings. The Labute approximate surface area is 131 Å². The van der Waals surface area contributed by atoms with Crippen LogP contribution in [0.4, 0.5) is 5.69 Å². The van der Waals surface area contributed by atoms with Crippen molar-refractivity contribution in [3.8, 4) is 0 Å². The van der Waals surface area contributed by atoms with E-state index in [0.717, 1.165) is 0 Å². The predicted octanol–water partition coefficient (Wildman–Crippen LogP) is 1.40. The first-order valence-electron chi connectivity index (χ1n) is 8.12. The first-order valence-corrected chi connectivity index (χ1v) is 8.12. The molecule has 5 heteroatoms. The summed E-state index contributed by atoms with van der Waals surface area (Å²) in [5.41, 5.74) is 6.33. The Morgan fingerprint density at radius 2 is 1.73 bits per heavy atom. The third-order valence-electron chi connectivity index (χ3n) is 4.31. The Hall–Kier alpha value is -1.88. The van der Waals surface area contributed by atoms with Gasteiger partial charge in [0.25, 0.3) is 5.91 Å². The standard InChI is InChI=1S/C17H25N3O2/c1-12(19-14-6-4-2-3-5-7-14)17(22)20-15-10-8-13(9-11-15)16(18)21/h8-12,14,19H,2-7H2,1H3,(H2,18,21)(H,20,22)/p+1/t12-/m0/s1. The zero-order chi connectivity index (χ0) is 15.9. The molecule has 0 heterocycles. The second-order valence-electron chi connectivity index (χ2n) is 6.16. The fourth-order valence-electron chi connectivity index (χ4n) is 2.97. The molecule has 0 unspecified atom stereocenters. The summed E-state index contributed by atoms with van der Waals surface area (Å²) in [5.74, 6) is -0.469. The van der Waals surface area contributed by atoms with Crippen molar-refractivity contribution in [2.75, 3.05) is 5.32 Å². The smallest absolute Gasteiger partial charge is 0.282 e. The first-order chi connectivity index (χ1) is 10.6. The second kappa shape index (κ2) is 7.94. The molecule has 1 aromatic carbocycles. The molecule has 0 spiro atoms. The molecule has 5 N–H and O–H groups in total. The van der Waals surface area contributed by atoms with E-state index in [-0.39, 0.29) is 11.9 Å². The van der Waals surface area contributed by atoms with Gasteiger partial charge in [0, 0.05) is 11.3 Å². The first kappa shape index (κ1) is 16.5. The third-order valence-corrected chi connectivity index (χ3v) is 4.31. The summed E-state index contributed by atoms with van der Waals surface area (Å²) in [4.78, 5) is 23.3. The maximum Gasteiger partial charge on any atom is 0.282 e. The van der Waals surface area contributed by atoms with Crippen LogP contribution in [0.15, 0.2) is 24.3 Å². The molecule has 0 bridgehead atoms. The predicted molar refractivity (Wildman–Crippen MR) is 86.5 cm³/mol. The van der Waals surface area contributed by atoms with Crippen LogP contribution >= 0.6 is 0 Å². The van der Waals surface area contributed by atoms with Gasteiger partial charge in [-0.05, 0) is 56.9 Å². The van der Waals surface area contributed by atoms with E-state index in [1.165, 1.54) is 38.5 Å². The van der Waals surface area contributed by atoms with E-state index in [2.05, 4.69) is 10.6 Å². The summed E-state index contributed by atoms with van der Waals surface area (Å²) in [6.45, 7) is 1.94. The van der Waals surface area contributed by atoms with Crippen LogP contribution < -0.4 is 16.4 Å². The molecule has 0 saturated heterocycles. The van der Waals surface area contributed by atoms with Crippen molar-refractivity contribution in [1.82, 2.24) is 0 Å². The van der Waals surface area contributed by atoms with Gasteiger partial charge in [-0.15, -0.1) is 0 Å². The third kappa shape index (κ3) is 4.84. The fraction of sp³-hybridized carbons (Fsp3) is 0.529. The molecule has 5 nitrogen and oxygen atoms in total. The number of hydrogen-bond acceptors (Lipinski definition) is 2. The van der Waals surface area contributed by atoms with Crippen LogP contribution in [0.2, 0.25) is 0 Å². The van der Waals surface area contributed by atoms with Gasteiger partial charge in [0.1, 0.15) is 0 Å². The van der Waals surface area contributed by atoms with Crippen molar-refractivity contribution in [2.45, 2.75) is 57.5 Å². The second-order valence-corrected chi connectivity index (χ2v) is 6.16. The number of quaternary nitrogens is 1. The van der Waals surface area contributed by atoms with E-state index >= 15 is 0 Å². The normalized spacial score (nSPS) is 17.5. The molecule has 120 valence electrons. The van der Waals surface area contributed by atoms with Crippen molar-refractivity contribution >= 4 is 17.5 Å². The van der Waals surface area contributed by atoms with E-state index in [9.17, 15) is 9.59 Å². The van der Waals surface area contributed by atoms with Gasteiger partial charge in [0.15, 0.2) is 6.04 Å². The van der Waals surface area contributed by atoms with E-state index in [1.54, 1.807) is 24.3 Å². The molecule has 1 atom stereocenters. The Kier molecular flexibility index (Phi) is 5.95. The highest BCUT2D eigenvalue weighted by molar-refractivity contribution is 5.95. The molecule has 1 aromatic rings. The highest BCUT2D eigenvalue weighted by atomic mass is 16.2. The number of carbonyl (C=O) groups is 2. The lowest BCUT2D eigenvalue weighted by molar-refractivity contribution is -0.707. The lowest BCUT2D eigenvalue weighted by atomic mass is 10.1. The number of hydrogen-bond donors (Lipinski definition) is 3. The largest absolute Gasteiger partial charge is 0.366 e. The van der Waals surface area contributed by atoms with E-state index in [4.69, 9.17) is 5.73 Å². The topological polar surface area (TPSA) is 88.8 Å². The number of primary amides is 1. The van der Waals surface area contributed by atoms with Crippen LogP contribution in [-0.2, 0) is 4.79 Å². The quantitative estimate of drug-likeness (QED) is 0.718. The number of amides is 2. The summed E-state index contributed by atoms with van der Waals surface area (Å²) >= 11 is 0. The lowest BCUT2D eigenvalue weighted by Gasteiger charge is -2.18. The number of nitrogens with one attached hydrogen (secondary N) is 1. The Bertz CT molecular complexity index is 505. The van der Waals surface area contributed by atoms with Gasteiger partial charge < -0.3 is 16.4 Å². The Balaban J connectivity index is 1.86. The van der Waals surface area contributed by atoms with Crippen LogP contribution in [0.5, 0.6) is 0 Å². The molecule has 0 aromatic heterocycles. The van der Waals surface area contributed by atoms with Crippen LogP contribution in [0, 0.1) is 0 Å². The monoisotopic (exact) mass is 304 g/mol. The SMILES string of the molecule is C[C@H]([NH2+]C1CCCCCC1)C(=O)Nc1ccc(C(N)=O)cc1. The lowest BCUT2D eigenvalue weighted by Crippen LogP contribution is -2.96. The summed E-state index contributed by atoms with van der Waals surface area (Å²) < 4.78 is 0. The number of anilines is 1. The maximum absolute atomic E-state index is 12.3. The minimum absolute atomic E-state index is 0.00364. The highest BCUT2D eigenvalue weighted by Gasteiger charge is 2.22. The fourth-order valence-corrected chi connectivity index (χ4v) is 2.97. The summed E-state index contributed by atoms with van der Waals surface area (Å²) in [6.07, 6.45) is 7.57. The molecule has 2 amide bonds. The number of carbonyl (C=O) groups excluding carboxylic acids is 2. The number of nitrogens with two attached hydrogens (primary N) is 2. The molecule has 1 aliphatic carbocycles. The van der Waals surface area contributed by atoms with E-state index < -0.39 is 5.91 Å². The van der Waals surface area contributed by atoms with Crippen molar-refractivity contribution in [2.24, 2.45) is 5.73 Å². The summed E-state index contributed by atoms with van der Waals surface area (Å²) in [5, 5.41) is 5.08. The van der Waals surface area contributed by atoms with Crippen LogP contribution in [0.25, 0.3) is 0 Å². The van der Waals surface area contributed by atoms with Crippen molar-refractivity contribution in [3.05, 3.63) is 29.8 Å². The van der Waals surface area contributed by atoms with Gasteiger partial charge in [-0.3, -0.25) is 9.59 Å². The van der Waals surface area contributed by atoms with Crippen molar-refractivity contribution in [1.29, 1.82) is 0 Å². The minimum Gasteiger partial charge on any atom is -0.366 e. The highest BCUT2D eigenvalue weighted by Crippen LogP contribution is 2.15. The molecule has 0 aliphatic heterocycles. The van der Waals surface area contributed by atoms with Gasteiger partial charge in [-0.1, -0.05) is 12.8 Å². The summed E-state index contributed by atoms with van der Waals surface area (Å²) in [7, 11) is 0. The van der Waals surface area contributed by atoms with Crippen LogP contribution in [-0.4, -0.2) is 23.9 Å². The molecule has 22 heavy (non-hydrogen) atoms. The summed E-state index contributed by atoms with van der Waals surface area (Å²) in [6, 6.07) is 7.10. The molecule has 2 rings (SSSR count). The zero-order valence-electron chi connectivity index (χ0n) is 13.2. The van der Waals surface area contributed by atoms with Crippen molar-refractivity contribution < 1.29 is 14.9 Å². The van der Waals surface area contributed by atoms with Gasteiger partial charge in [-0.25, -0.2) is 0 Å². The van der Waals surface area contributed by atoms with Gasteiger partial charge in [0.05, 0.1) is 6.04 Å². The molecule has 1 saturated carbocycles. The Morgan fingerprint density at radius 1 is 1.14 bits per heavy atom. The van der Waals surface area contributed by atoms with E-state index in [0.29, 0.717) is 17.3 Å². The Morgan fingerprint density at radius 3 is 2.27 bits per heavy atom. The van der Waals surface area contributed by atoms with Gasteiger partial charge in [0.2, 0.25) is 5.91 Å². The van der Waals surface area contributed by atoms with Gasteiger partial charge in [-0.2, -0.15) is 0 Å². The van der Waals surface area contributed by atoms with E-state index in [1.807, 2.05) is 6.92 Å². The van der Waals surface area contributed by atoms with Crippen LogP contribution in [0.3, 0.4) is 0 Å². The van der Waals surface area contributed by atoms with Gasteiger partial charge >= 0.3 is 0 Å². The average Bonchev–Trinajstić information content (AvgIpc) is 2.76. The van der Waals surface area contributed by atoms with Crippen LogP contribution in [0.1, 0.15) is 55.8 Å². The average molecular weight is 304 g/mol. The zero-order valence-corrected chi connectivity index (χ0v) is 13.2. The molecular formula is C17H26N3O2+. The van der Waals surface area contributed by atoms with Crippen molar-refractivity contribution in [3.63, 3.8) is 0 Å². The molecule has 0 radical (unpaired) electrons. The maximum atomic E-state index is 12.3. The number of rotatable bonds is 5. The minimum atomic E-state index is -0.465. The molecule has 1 fully saturated rings. The number of benzene rings is 1.